The maximum atomic E-state index is 5.84. The number of hydrogen-bond donors (Lipinski definition) is 1. The summed E-state index contributed by atoms with van der Waals surface area (Å²) in [7, 11) is 0. The number of rotatable bonds is 4. The number of nitrogens with one attached hydrogen (secondary N) is 1. The zero-order chi connectivity index (χ0) is 12.3. The van der Waals surface area contributed by atoms with E-state index in [1.165, 1.54) is 35.1 Å². The molecule has 1 heterocycles. The lowest BCUT2D eigenvalue weighted by molar-refractivity contribution is 0.103. The van der Waals surface area contributed by atoms with Crippen molar-refractivity contribution in [2.45, 2.75) is 46.3 Å². The van der Waals surface area contributed by atoms with E-state index in [0.717, 1.165) is 19.8 Å². The normalized spacial score (nSPS) is 19.8. The Kier molecular flexibility index (Phi) is 4.19. The average molecular weight is 233 g/mol. The SMILES string of the molecule is Cc1cc(C)c(COCC2CCCN2)c(C)c1. The summed E-state index contributed by atoms with van der Waals surface area (Å²) in [6, 6.07) is 5.04. The molecule has 0 aromatic heterocycles. The molecule has 1 N–H and O–H groups in total. The van der Waals surface area contributed by atoms with Crippen LogP contribution < -0.4 is 5.32 Å². The van der Waals surface area contributed by atoms with Crippen LogP contribution in [0.15, 0.2) is 12.1 Å². The van der Waals surface area contributed by atoms with Crippen LogP contribution in [0.5, 0.6) is 0 Å². The molecule has 0 amide bonds. The quantitative estimate of drug-likeness (QED) is 0.863. The van der Waals surface area contributed by atoms with Crippen LogP contribution in [0.25, 0.3) is 0 Å². The maximum Gasteiger partial charge on any atom is 0.0722 e. The predicted molar refractivity (Wildman–Crippen MR) is 71.3 cm³/mol. The van der Waals surface area contributed by atoms with E-state index >= 15 is 0 Å². The maximum absolute atomic E-state index is 5.84. The molecule has 1 aromatic rings. The van der Waals surface area contributed by atoms with E-state index < -0.39 is 0 Å². The number of benzene rings is 1. The summed E-state index contributed by atoms with van der Waals surface area (Å²) in [6.45, 7) is 9.23. The van der Waals surface area contributed by atoms with Gasteiger partial charge in [-0.25, -0.2) is 0 Å². The molecule has 0 bridgehead atoms. The van der Waals surface area contributed by atoms with Crippen molar-refractivity contribution in [1.82, 2.24) is 5.32 Å². The first-order chi connectivity index (χ1) is 8.16. The highest BCUT2D eigenvalue weighted by molar-refractivity contribution is 5.36. The predicted octanol–water partition coefficient (Wildman–Crippen LogP) is 2.88. The molecule has 0 aliphatic carbocycles. The molecule has 2 nitrogen and oxygen atoms in total. The molecule has 1 atom stereocenters. The second-order valence-corrected chi connectivity index (χ2v) is 5.19. The molecule has 1 unspecified atom stereocenters. The van der Waals surface area contributed by atoms with E-state index in [1.54, 1.807) is 0 Å². The van der Waals surface area contributed by atoms with Crippen molar-refractivity contribution in [2.24, 2.45) is 0 Å². The standard InChI is InChI=1S/C15H23NO/c1-11-7-12(2)15(13(3)8-11)10-17-9-14-5-4-6-16-14/h7-8,14,16H,4-6,9-10H2,1-3H3. The Hall–Kier alpha value is -0.860. The van der Waals surface area contributed by atoms with Crippen LogP contribution in [-0.2, 0) is 11.3 Å². The molecule has 0 spiro atoms. The largest absolute Gasteiger partial charge is 0.375 e. The Morgan fingerprint density at radius 2 is 1.94 bits per heavy atom. The Balaban J connectivity index is 1.89. The summed E-state index contributed by atoms with van der Waals surface area (Å²) in [6.07, 6.45) is 2.54. The fraction of sp³-hybridized carbons (Fsp3) is 0.600. The molecular formula is C15H23NO. The van der Waals surface area contributed by atoms with E-state index in [-0.39, 0.29) is 0 Å². The smallest absolute Gasteiger partial charge is 0.0722 e. The summed E-state index contributed by atoms with van der Waals surface area (Å²) < 4.78 is 5.84. The second-order valence-electron chi connectivity index (χ2n) is 5.19. The third-order valence-corrected chi connectivity index (χ3v) is 3.57. The highest BCUT2D eigenvalue weighted by Gasteiger charge is 2.14. The van der Waals surface area contributed by atoms with Crippen LogP contribution in [0.4, 0.5) is 0 Å². The van der Waals surface area contributed by atoms with Crippen molar-refractivity contribution in [3.63, 3.8) is 0 Å². The van der Waals surface area contributed by atoms with Crippen molar-refractivity contribution in [3.8, 4) is 0 Å². The topological polar surface area (TPSA) is 21.3 Å². The molecule has 17 heavy (non-hydrogen) atoms. The van der Waals surface area contributed by atoms with Gasteiger partial charge in [0.15, 0.2) is 0 Å². The van der Waals surface area contributed by atoms with Gasteiger partial charge in [-0.2, -0.15) is 0 Å². The lowest BCUT2D eigenvalue weighted by Gasteiger charge is -2.14. The lowest BCUT2D eigenvalue weighted by atomic mass is 10.0. The van der Waals surface area contributed by atoms with Crippen molar-refractivity contribution in [1.29, 1.82) is 0 Å². The van der Waals surface area contributed by atoms with Gasteiger partial charge in [-0.05, 0) is 56.8 Å². The van der Waals surface area contributed by atoms with Crippen LogP contribution in [0, 0.1) is 20.8 Å². The third-order valence-electron chi connectivity index (χ3n) is 3.57. The monoisotopic (exact) mass is 233 g/mol. The molecule has 0 radical (unpaired) electrons. The molecule has 2 heteroatoms. The minimum atomic E-state index is 0.570. The van der Waals surface area contributed by atoms with E-state index in [4.69, 9.17) is 4.74 Å². The van der Waals surface area contributed by atoms with Gasteiger partial charge in [0.25, 0.3) is 0 Å². The van der Waals surface area contributed by atoms with Crippen LogP contribution in [0.1, 0.15) is 35.1 Å². The summed E-state index contributed by atoms with van der Waals surface area (Å²) in [5, 5.41) is 3.46. The lowest BCUT2D eigenvalue weighted by Crippen LogP contribution is -2.26. The van der Waals surface area contributed by atoms with Crippen LogP contribution in [0.3, 0.4) is 0 Å². The first kappa shape index (κ1) is 12.6. The third kappa shape index (κ3) is 3.30. The minimum absolute atomic E-state index is 0.570. The van der Waals surface area contributed by atoms with Gasteiger partial charge in [0.2, 0.25) is 0 Å². The highest BCUT2D eigenvalue weighted by Crippen LogP contribution is 2.17. The van der Waals surface area contributed by atoms with Crippen LogP contribution in [0.2, 0.25) is 0 Å². The van der Waals surface area contributed by atoms with Gasteiger partial charge >= 0.3 is 0 Å². The summed E-state index contributed by atoms with van der Waals surface area (Å²) in [5.74, 6) is 0. The van der Waals surface area contributed by atoms with Crippen LogP contribution in [-0.4, -0.2) is 19.2 Å². The fourth-order valence-corrected chi connectivity index (χ4v) is 2.64. The summed E-state index contributed by atoms with van der Waals surface area (Å²) in [5.41, 5.74) is 5.39. The van der Waals surface area contributed by atoms with Gasteiger partial charge in [0.05, 0.1) is 13.2 Å². The first-order valence-electron chi connectivity index (χ1n) is 6.54. The first-order valence-corrected chi connectivity index (χ1v) is 6.54. The molecule has 1 aliphatic rings. The van der Waals surface area contributed by atoms with E-state index in [9.17, 15) is 0 Å². The van der Waals surface area contributed by atoms with E-state index in [2.05, 4.69) is 38.2 Å². The molecule has 1 aliphatic heterocycles. The van der Waals surface area contributed by atoms with Crippen molar-refractivity contribution >= 4 is 0 Å². The Labute approximate surface area is 104 Å². The van der Waals surface area contributed by atoms with Gasteiger partial charge < -0.3 is 10.1 Å². The molecule has 1 saturated heterocycles. The summed E-state index contributed by atoms with van der Waals surface area (Å²) >= 11 is 0. The Morgan fingerprint density at radius 3 is 2.53 bits per heavy atom. The molecule has 2 rings (SSSR count). The Bertz CT molecular complexity index is 358. The van der Waals surface area contributed by atoms with Gasteiger partial charge in [-0.3, -0.25) is 0 Å². The number of ether oxygens (including phenoxy) is 1. The van der Waals surface area contributed by atoms with Crippen LogP contribution >= 0.6 is 0 Å². The second kappa shape index (κ2) is 5.65. The highest BCUT2D eigenvalue weighted by atomic mass is 16.5. The van der Waals surface area contributed by atoms with Gasteiger partial charge in [0, 0.05) is 6.04 Å². The molecule has 1 aromatic carbocycles. The molecule has 1 fully saturated rings. The Morgan fingerprint density at radius 1 is 1.24 bits per heavy atom. The minimum Gasteiger partial charge on any atom is -0.375 e. The van der Waals surface area contributed by atoms with Crippen molar-refractivity contribution < 1.29 is 4.74 Å². The fourth-order valence-electron chi connectivity index (χ4n) is 2.64. The van der Waals surface area contributed by atoms with Gasteiger partial charge in [-0.1, -0.05) is 17.7 Å². The number of hydrogen-bond acceptors (Lipinski definition) is 2. The van der Waals surface area contributed by atoms with Gasteiger partial charge in [0.1, 0.15) is 0 Å². The van der Waals surface area contributed by atoms with E-state index in [1.807, 2.05) is 0 Å². The van der Waals surface area contributed by atoms with Crippen molar-refractivity contribution in [2.75, 3.05) is 13.2 Å². The van der Waals surface area contributed by atoms with Gasteiger partial charge in [-0.15, -0.1) is 0 Å². The molecular weight excluding hydrogens is 210 g/mol. The average Bonchev–Trinajstić information content (AvgIpc) is 2.74. The van der Waals surface area contributed by atoms with E-state index in [0.29, 0.717) is 6.04 Å². The molecule has 94 valence electrons. The summed E-state index contributed by atoms with van der Waals surface area (Å²) in [4.78, 5) is 0. The zero-order valence-electron chi connectivity index (χ0n) is 11.2. The number of aryl methyl sites for hydroxylation is 3. The zero-order valence-corrected chi connectivity index (χ0v) is 11.2. The molecule has 0 saturated carbocycles. The van der Waals surface area contributed by atoms with Crippen molar-refractivity contribution in [3.05, 3.63) is 34.4 Å².